The van der Waals surface area contributed by atoms with Gasteiger partial charge in [-0.3, -0.25) is 19.2 Å². The van der Waals surface area contributed by atoms with Crippen LogP contribution in [0, 0.1) is 5.92 Å². The van der Waals surface area contributed by atoms with E-state index in [2.05, 4.69) is 41.2 Å². The molecule has 0 radical (unpaired) electrons. The highest BCUT2D eigenvalue weighted by Gasteiger charge is 2.24. The van der Waals surface area contributed by atoms with Gasteiger partial charge in [0.25, 0.3) is 0 Å². The van der Waals surface area contributed by atoms with Crippen molar-refractivity contribution in [2.45, 2.75) is 64.1 Å². The first-order chi connectivity index (χ1) is 18.5. The van der Waals surface area contributed by atoms with Crippen molar-refractivity contribution in [2.24, 2.45) is 11.7 Å². The summed E-state index contributed by atoms with van der Waals surface area (Å²) < 4.78 is 0. The Morgan fingerprint density at radius 3 is 1.79 bits per heavy atom. The molecule has 39 heavy (non-hydrogen) atoms. The predicted octanol–water partition coefficient (Wildman–Crippen LogP) is -1.64. The standard InChI is InChI=1S/C24H37N9O6/c1-14(2)7-17(25)22(36)28-5-3-20(34)32-18(8-15-10-26-12-30-15)23(37)29-6-4-21(35)33-19(24(38)39)9-16-11-27-13-31-16/h10-14,17-19H,3-9,25H2,1-2H3,(H,26,30)(H,27,31)(H,28,36)(H,29,37)(H,32,34)(H,33,35)(H,38,39)/t17-,18-,19-/m0/s1. The molecule has 2 aromatic heterocycles. The number of nitrogens with one attached hydrogen (secondary N) is 6. The molecule has 9 N–H and O–H groups in total. The second-order valence-corrected chi connectivity index (χ2v) is 9.46. The lowest BCUT2D eigenvalue weighted by Crippen LogP contribution is -2.50. The van der Waals surface area contributed by atoms with Crippen LogP contribution in [0.4, 0.5) is 0 Å². The summed E-state index contributed by atoms with van der Waals surface area (Å²) in [7, 11) is 0. The quantitative estimate of drug-likeness (QED) is 0.113. The predicted molar refractivity (Wildman–Crippen MR) is 139 cm³/mol. The topological polar surface area (TPSA) is 237 Å². The van der Waals surface area contributed by atoms with E-state index < -0.39 is 41.8 Å². The van der Waals surface area contributed by atoms with Gasteiger partial charge < -0.3 is 42.1 Å². The molecule has 0 aliphatic carbocycles. The van der Waals surface area contributed by atoms with Crippen molar-refractivity contribution in [1.29, 1.82) is 0 Å². The zero-order chi connectivity index (χ0) is 28.8. The molecule has 4 amide bonds. The molecule has 0 fully saturated rings. The van der Waals surface area contributed by atoms with Gasteiger partial charge in [-0.05, 0) is 12.3 Å². The number of carbonyl (C=O) groups excluding carboxylic acids is 4. The summed E-state index contributed by atoms with van der Waals surface area (Å²) in [5.74, 6) is -2.88. The molecule has 3 atom stereocenters. The number of amides is 4. The SMILES string of the molecule is CC(C)C[C@H](N)C(=O)NCCC(=O)N[C@@H](Cc1cnc[nH]1)C(=O)NCCC(=O)N[C@@H](Cc1cnc[nH]1)C(=O)O. The minimum absolute atomic E-state index is 0.0236. The number of nitrogens with two attached hydrogens (primary N) is 1. The van der Waals surface area contributed by atoms with Crippen LogP contribution in [-0.4, -0.2) is 85.9 Å². The normalized spacial score (nSPS) is 13.2. The van der Waals surface area contributed by atoms with Crippen molar-refractivity contribution in [3.8, 4) is 0 Å². The minimum atomic E-state index is -1.21. The molecule has 15 heteroatoms. The Hall–Kier alpha value is -4.27. The Labute approximate surface area is 225 Å². The van der Waals surface area contributed by atoms with Crippen molar-refractivity contribution < 1.29 is 29.1 Å². The number of carboxylic acids is 1. The van der Waals surface area contributed by atoms with E-state index >= 15 is 0 Å². The second-order valence-electron chi connectivity index (χ2n) is 9.46. The zero-order valence-electron chi connectivity index (χ0n) is 22.0. The van der Waals surface area contributed by atoms with Gasteiger partial charge in [0, 0.05) is 62.6 Å². The van der Waals surface area contributed by atoms with Crippen molar-refractivity contribution in [3.05, 3.63) is 36.4 Å². The van der Waals surface area contributed by atoms with E-state index in [0.717, 1.165) is 0 Å². The summed E-state index contributed by atoms with van der Waals surface area (Å²) in [5, 5.41) is 19.6. The number of H-pyrrole nitrogens is 2. The molecule has 0 aromatic carbocycles. The van der Waals surface area contributed by atoms with Gasteiger partial charge in [-0.15, -0.1) is 0 Å². The molecule has 0 saturated carbocycles. The monoisotopic (exact) mass is 547 g/mol. The highest BCUT2D eigenvalue weighted by molar-refractivity contribution is 5.89. The van der Waals surface area contributed by atoms with Crippen LogP contribution in [0.2, 0.25) is 0 Å². The number of rotatable bonds is 17. The van der Waals surface area contributed by atoms with Gasteiger partial charge >= 0.3 is 5.97 Å². The third kappa shape index (κ3) is 11.8. The Bertz CT molecular complexity index is 1070. The second kappa shape index (κ2) is 15.9. The van der Waals surface area contributed by atoms with Gasteiger partial charge in [-0.2, -0.15) is 0 Å². The first kappa shape index (κ1) is 31.0. The van der Waals surface area contributed by atoms with Crippen molar-refractivity contribution in [1.82, 2.24) is 41.2 Å². The molecule has 0 unspecified atom stereocenters. The molecule has 0 aliphatic heterocycles. The lowest BCUT2D eigenvalue weighted by Gasteiger charge is -2.19. The van der Waals surface area contributed by atoms with E-state index in [-0.39, 0.29) is 50.6 Å². The molecule has 0 saturated heterocycles. The van der Waals surface area contributed by atoms with Crippen LogP contribution in [0.15, 0.2) is 25.0 Å². The van der Waals surface area contributed by atoms with E-state index in [9.17, 15) is 29.1 Å². The zero-order valence-corrected chi connectivity index (χ0v) is 22.0. The summed E-state index contributed by atoms with van der Waals surface area (Å²) in [6.07, 6.45) is 6.24. The number of hydrogen-bond acceptors (Lipinski definition) is 8. The largest absolute Gasteiger partial charge is 0.480 e. The number of hydrogen-bond donors (Lipinski definition) is 8. The molecule has 2 heterocycles. The lowest BCUT2D eigenvalue weighted by molar-refractivity contribution is -0.141. The molecule has 2 aromatic rings. The van der Waals surface area contributed by atoms with Crippen LogP contribution in [0.1, 0.15) is 44.5 Å². The smallest absolute Gasteiger partial charge is 0.326 e. The highest BCUT2D eigenvalue weighted by Crippen LogP contribution is 2.03. The molecule has 0 aliphatic rings. The van der Waals surface area contributed by atoms with Gasteiger partial charge in [0.1, 0.15) is 12.1 Å². The molecule has 2 rings (SSSR count). The average Bonchev–Trinajstić information content (AvgIpc) is 3.57. The van der Waals surface area contributed by atoms with Crippen LogP contribution in [-0.2, 0) is 36.8 Å². The van der Waals surface area contributed by atoms with Crippen LogP contribution in [0.3, 0.4) is 0 Å². The molecular formula is C24H37N9O6. The summed E-state index contributed by atoms with van der Waals surface area (Å²) in [4.78, 5) is 74.5. The van der Waals surface area contributed by atoms with E-state index in [1.807, 2.05) is 13.8 Å². The summed E-state index contributed by atoms with van der Waals surface area (Å²) in [5.41, 5.74) is 6.98. The Balaban J connectivity index is 1.83. The van der Waals surface area contributed by atoms with Gasteiger partial charge in [0.2, 0.25) is 23.6 Å². The van der Waals surface area contributed by atoms with Gasteiger partial charge in [-0.1, -0.05) is 13.8 Å². The third-order valence-corrected chi connectivity index (χ3v) is 5.61. The number of carbonyl (C=O) groups is 5. The number of aromatic amines is 2. The minimum Gasteiger partial charge on any atom is -0.480 e. The van der Waals surface area contributed by atoms with Gasteiger partial charge in [0.05, 0.1) is 18.7 Å². The van der Waals surface area contributed by atoms with E-state index in [4.69, 9.17) is 5.73 Å². The maximum atomic E-state index is 12.8. The number of nitrogens with zero attached hydrogens (tertiary/aromatic N) is 2. The first-order valence-corrected chi connectivity index (χ1v) is 12.6. The Morgan fingerprint density at radius 1 is 0.846 bits per heavy atom. The van der Waals surface area contributed by atoms with Crippen molar-refractivity contribution >= 4 is 29.6 Å². The van der Waals surface area contributed by atoms with Gasteiger partial charge in [-0.25, -0.2) is 14.8 Å². The molecule has 0 bridgehead atoms. The summed E-state index contributed by atoms with van der Waals surface area (Å²) in [6.45, 7) is 3.87. The van der Waals surface area contributed by atoms with Crippen molar-refractivity contribution in [2.75, 3.05) is 13.1 Å². The number of imidazole rings is 2. The van der Waals surface area contributed by atoms with Crippen LogP contribution in [0.5, 0.6) is 0 Å². The Morgan fingerprint density at radius 2 is 1.33 bits per heavy atom. The van der Waals surface area contributed by atoms with E-state index in [0.29, 0.717) is 17.8 Å². The molecule has 15 nitrogen and oxygen atoms in total. The fraction of sp³-hybridized carbons (Fsp3) is 0.542. The van der Waals surface area contributed by atoms with E-state index in [1.54, 1.807) is 0 Å². The fourth-order valence-electron chi connectivity index (χ4n) is 3.64. The van der Waals surface area contributed by atoms with E-state index in [1.165, 1.54) is 25.0 Å². The fourth-order valence-corrected chi connectivity index (χ4v) is 3.64. The number of aromatic nitrogens is 4. The number of aliphatic carboxylic acids is 1. The average molecular weight is 548 g/mol. The maximum Gasteiger partial charge on any atom is 0.326 e. The third-order valence-electron chi connectivity index (χ3n) is 5.61. The van der Waals surface area contributed by atoms with Crippen molar-refractivity contribution in [3.63, 3.8) is 0 Å². The number of carboxylic acid groups (broad SMARTS) is 1. The van der Waals surface area contributed by atoms with Crippen LogP contribution in [0.25, 0.3) is 0 Å². The van der Waals surface area contributed by atoms with Gasteiger partial charge in [0.15, 0.2) is 0 Å². The Kier molecular flexibility index (Phi) is 12.6. The lowest BCUT2D eigenvalue weighted by atomic mass is 10.0. The summed E-state index contributed by atoms with van der Waals surface area (Å²) >= 11 is 0. The van der Waals surface area contributed by atoms with Crippen LogP contribution < -0.4 is 27.0 Å². The first-order valence-electron chi connectivity index (χ1n) is 12.6. The maximum absolute atomic E-state index is 12.8. The molecule has 0 spiro atoms. The summed E-state index contributed by atoms with van der Waals surface area (Å²) in [6, 6.07) is -2.81. The molecule has 214 valence electrons. The van der Waals surface area contributed by atoms with Crippen LogP contribution >= 0.6 is 0 Å². The highest BCUT2D eigenvalue weighted by atomic mass is 16.4. The molecular weight excluding hydrogens is 510 g/mol.